The standard InChI is InChI=1S/C8H14O2.C5H8.C4H10.C4H6/c1-4-5-6-10-8(9)7(2)3;1-4-5(2)3;1-4(2)3;1-3-4-2/h2,4-6H2,1,3H3;4H,1-2H2,3H3;4H,1-3H3;3-4H,1-2H2. The molecule has 0 fully saturated rings. The number of carbonyl (C=O) groups excluding carboxylic acids is 1. The van der Waals surface area contributed by atoms with Crippen LogP contribution in [0.15, 0.2) is 62.3 Å². The van der Waals surface area contributed by atoms with Crippen molar-refractivity contribution >= 4 is 5.97 Å². The van der Waals surface area contributed by atoms with Gasteiger partial charge in [0.1, 0.15) is 0 Å². The zero-order chi connectivity index (χ0) is 19.3. The molecule has 0 amide bonds. The maximum absolute atomic E-state index is 10.7. The van der Waals surface area contributed by atoms with E-state index in [0.29, 0.717) is 12.2 Å². The Hall–Kier alpha value is -1.83. The zero-order valence-corrected chi connectivity index (χ0v) is 16.3. The van der Waals surface area contributed by atoms with E-state index in [1.54, 1.807) is 25.2 Å². The molecule has 2 nitrogen and oxygen atoms in total. The molecule has 0 saturated heterocycles. The van der Waals surface area contributed by atoms with Crippen LogP contribution >= 0.6 is 0 Å². The maximum atomic E-state index is 10.7. The van der Waals surface area contributed by atoms with Crippen LogP contribution in [0.25, 0.3) is 0 Å². The van der Waals surface area contributed by atoms with Gasteiger partial charge in [-0.25, -0.2) is 4.79 Å². The normalized spacial score (nSPS) is 7.78. The van der Waals surface area contributed by atoms with Gasteiger partial charge in [-0.2, -0.15) is 0 Å². The average molecular weight is 323 g/mol. The average Bonchev–Trinajstić information content (AvgIpc) is 2.47. The summed E-state index contributed by atoms with van der Waals surface area (Å²) >= 11 is 0. The van der Waals surface area contributed by atoms with E-state index in [2.05, 4.69) is 60.6 Å². The van der Waals surface area contributed by atoms with Crippen LogP contribution in [0.1, 0.15) is 54.4 Å². The van der Waals surface area contributed by atoms with E-state index < -0.39 is 0 Å². The second-order valence-electron chi connectivity index (χ2n) is 5.52. The van der Waals surface area contributed by atoms with Gasteiger partial charge in [-0.1, -0.05) is 90.8 Å². The summed E-state index contributed by atoms with van der Waals surface area (Å²) in [5, 5.41) is 0. The number of ether oxygens (including phenoxy) is 1. The fourth-order valence-corrected chi connectivity index (χ4v) is 0.432. The summed E-state index contributed by atoms with van der Waals surface area (Å²) < 4.78 is 4.81. The minimum atomic E-state index is -0.284. The van der Waals surface area contributed by atoms with Crippen LogP contribution in [-0.4, -0.2) is 12.6 Å². The van der Waals surface area contributed by atoms with Crippen LogP contribution in [0.5, 0.6) is 0 Å². The Balaban J connectivity index is -0.000000117. The molecule has 0 aliphatic carbocycles. The fraction of sp³-hybridized carbons (Fsp3) is 0.476. The smallest absolute Gasteiger partial charge is 0.333 e. The number of esters is 1. The molecule has 134 valence electrons. The van der Waals surface area contributed by atoms with Crippen molar-refractivity contribution in [3.8, 4) is 0 Å². The maximum Gasteiger partial charge on any atom is 0.333 e. The lowest BCUT2D eigenvalue weighted by Gasteiger charge is -2.01. The molecule has 0 N–H and O–H groups in total. The summed E-state index contributed by atoms with van der Waals surface area (Å²) in [5.74, 6) is 0.549. The van der Waals surface area contributed by atoms with Crippen molar-refractivity contribution in [1.82, 2.24) is 0 Å². The summed E-state index contributed by atoms with van der Waals surface area (Å²) in [6.07, 6.45) is 6.97. The van der Waals surface area contributed by atoms with Crippen LogP contribution in [-0.2, 0) is 9.53 Å². The zero-order valence-electron chi connectivity index (χ0n) is 16.3. The Labute approximate surface area is 145 Å². The van der Waals surface area contributed by atoms with Crippen molar-refractivity contribution in [3.63, 3.8) is 0 Å². The number of hydrogen-bond acceptors (Lipinski definition) is 2. The second kappa shape index (κ2) is 25.1. The van der Waals surface area contributed by atoms with Crippen molar-refractivity contribution in [2.24, 2.45) is 5.92 Å². The van der Waals surface area contributed by atoms with Gasteiger partial charge in [-0.3, -0.25) is 0 Å². The van der Waals surface area contributed by atoms with Gasteiger partial charge >= 0.3 is 5.97 Å². The van der Waals surface area contributed by atoms with E-state index >= 15 is 0 Å². The number of carbonyl (C=O) groups is 1. The van der Waals surface area contributed by atoms with Crippen molar-refractivity contribution in [2.75, 3.05) is 6.61 Å². The molecular formula is C21H38O2. The highest BCUT2D eigenvalue weighted by atomic mass is 16.5. The molecular weight excluding hydrogens is 284 g/mol. The number of allylic oxidation sites excluding steroid dienone is 4. The van der Waals surface area contributed by atoms with Crippen molar-refractivity contribution in [3.05, 3.63) is 62.3 Å². The van der Waals surface area contributed by atoms with Crippen LogP contribution in [0, 0.1) is 5.92 Å². The molecule has 0 spiro atoms. The molecule has 0 atom stereocenters. The van der Waals surface area contributed by atoms with Crippen LogP contribution in [0.2, 0.25) is 0 Å². The van der Waals surface area contributed by atoms with E-state index in [0.717, 1.165) is 24.3 Å². The van der Waals surface area contributed by atoms with Crippen molar-refractivity contribution in [1.29, 1.82) is 0 Å². The summed E-state index contributed by atoms with van der Waals surface area (Å²) in [7, 11) is 0. The van der Waals surface area contributed by atoms with Crippen LogP contribution < -0.4 is 0 Å². The monoisotopic (exact) mass is 322 g/mol. The highest BCUT2D eigenvalue weighted by molar-refractivity contribution is 5.86. The third kappa shape index (κ3) is 64.4. The van der Waals surface area contributed by atoms with E-state index in [9.17, 15) is 4.79 Å². The topological polar surface area (TPSA) is 26.3 Å². The molecule has 0 bridgehead atoms. The number of hydrogen-bond donors (Lipinski definition) is 0. The van der Waals surface area contributed by atoms with Gasteiger partial charge in [0.05, 0.1) is 6.61 Å². The summed E-state index contributed by atoms with van der Waals surface area (Å²) in [6.45, 7) is 29.8. The van der Waals surface area contributed by atoms with E-state index in [4.69, 9.17) is 4.74 Å². The molecule has 0 aliphatic heterocycles. The highest BCUT2D eigenvalue weighted by Gasteiger charge is 2.00. The highest BCUT2D eigenvalue weighted by Crippen LogP contribution is 1.94. The molecule has 0 aromatic rings. The van der Waals surface area contributed by atoms with Gasteiger partial charge in [0.25, 0.3) is 0 Å². The first-order chi connectivity index (χ1) is 10.6. The minimum Gasteiger partial charge on any atom is -0.462 e. The Bertz CT molecular complexity index is 327. The molecule has 0 aromatic carbocycles. The lowest BCUT2D eigenvalue weighted by molar-refractivity contribution is -0.139. The SMILES string of the molecule is C=C(C)C(=O)OCCCC.C=CC(=C)C.C=CC=C.CC(C)C. The van der Waals surface area contributed by atoms with Gasteiger partial charge in [0.2, 0.25) is 0 Å². The molecule has 0 heterocycles. The van der Waals surface area contributed by atoms with Gasteiger partial charge in [-0.05, 0) is 26.2 Å². The van der Waals surface area contributed by atoms with Gasteiger partial charge < -0.3 is 4.74 Å². The van der Waals surface area contributed by atoms with Gasteiger partial charge in [0, 0.05) is 5.57 Å². The van der Waals surface area contributed by atoms with Crippen molar-refractivity contribution < 1.29 is 9.53 Å². The molecule has 0 unspecified atom stereocenters. The molecule has 0 saturated carbocycles. The molecule has 0 rings (SSSR count). The predicted octanol–water partition coefficient (Wildman–Crippen LogP) is 6.68. The Kier molecular flexibility index (Phi) is 31.9. The summed E-state index contributed by atoms with van der Waals surface area (Å²) in [6, 6.07) is 0. The Morgan fingerprint density at radius 2 is 1.39 bits per heavy atom. The number of unbranched alkanes of at least 4 members (excludes halogenated alkanes) is 1. The Morgan fingerprint density at radius 1 is 1.04 bits per heavy atom. The van der Waals surface area contributed by atoms with Gasteiger partial charge in [0.15, 0.2) is 0 Å². The van der Waals surface area contributed by atoms with E-state index in [1.165, 1.54) is 0 Å². The quantitative estimate of drug-likeness (QED) is 0.236. The first-order valence-electron chi connectivity index (χ1n) is 7.94. The first kappa shape index (κ1) is 29.2. The predicted molar refractivity (Wildman–Crippen MR) is 107 cm³/mol. The van der Waals surface area contributed by atoms with Crippen LogP contribution in [0.3, 0.4) is 0 Å². The largest absolute Gasteiger partial charge is 0.462 e. The minimum absolute atomic E-state index is 0.284. The van der Waals surface area contributed by atoms with E-state index in [-0.39, 0.29) is 5.97 Å². The van der Waals surface area contributed by atoms with E-state index in [1.807, 2.05) is 6.92 Å². The van der Waals surface area contributed by atoms with Crippen LogP contribution in [0.4, 0.5) is 0 Å². The first-order valence-corrected chi connectivity index (χ1v) is 7.94. The Morgan fingerprint density at radius 3 is 1.57 bits per heavy atom. The lowest BCUT2D eigenvalue weighted by atomic mass is 10.3. The lowest BCUT2D eigenvalue weighted by Crippen LogP contribution is -2.05. The third-order valence-corrected chi connectivity index (χ3v) is 1.59. The number of rotatable bonds is 6. The molecule has 0 radical (unpaired) electrons. The fourth-order valence-electron chi connectivity index (χ4n) is 0.432. The van der Waals surface area contributed by atoms with Gasteiger partial charge in [-0.15, -0.1) is 0 Å². The molecule has 0 aromatic heterocycles. The molecule has 2 heteroatoms. The summed E-state index contributed by atoms with van der Waals surface area (Å²) in [5.41, 5.74) is 1.49. The molecule has 0 aliphatic rings. The molecule has 23 heavy (non-hydrogen) atoms. The van der Waals surface area contributed by atoms with Crippen molar-refractivity contribution in [2.45, 2.75) is 54.4 Å². The summed E-state index contributed by atoms with van der Waals surface area (Å²) in [4.78, 5) is 10.7. The second-order valence-corrected chi connectivity index (χ2v) is 5.52. The third-order valence-electron chi connectivity index (χ3n) is 1.59.